The molecule has 5 heteroatoms. The molecule has 0 unspecified atom stereocenters. The minimum absolute atomic E-state index is 0.612. The van der Waals surface area contributed by atoms with Crippen molar-refractivity contribution in [3.63, 3.8) is 0 Å². The number of thiocarbonyl (C=S) groups is 2. The van der Waals surface area contributed by atoms with Crippen molar-refractivity contribution in [3.05, 3.63) is 0 Å². The van der Waals surface area contributed by atoms with E-state index in [2.05, 4.69) is 30.6 Å². The van der Waals surface area contributed by atoms with Crippen LogP contribution in [-0.2, 0) is 0 Å². The van der Waals surface area contributed by atoms with Crippen LogP contribution < -0.4 is 5.32 Å². The van der Waals surface area contributed by atoms with Gasteiger partial charge in [-0.15, -0.1) is 25.3 Å². The number of unbranched alkanes of at least 4 members (excludes halogenated alkanes) is 10. The van der Waals surface area contributed by atoms with Crippen molar-refractivity contribution in [1.29, 1.82) is 0 Å². The molecule has 0 rings (SSSR count). The van der Waals surface area contributed by atoms with E-state index in [-0.39, 0.29) is 0 Å². The molecule has 0 aromatic rings. The van der Waals surface area contributed by atoms with Gasteiger partial charge in [-0.1, -0.05) is 82.2 Å². The summed E-state index contributed by atoms with van der Waals surface area (Å²) in [6, 6.07) is 0. The summed E-state index contributed by atoms with van der Waals surface area (Å²) >= 11 is 18.0. The Bertz CT molecular complexity index is 230. The monoisotopic (exact) mass is 351 g/mol. The van der Waals surface area contributed by atoms with Gasteiger partial charge in [0, 0.05) is 10.7 Å². The molecule has 0 aliphatic carbocycles. The van der Waals surface area contributed by atoms with Crippen molar-refractivity contribution in [1.82, 2.24) is 5.32 Å². The number of rotatable bonds is 14. The van der Waals surface area contributed by atoms with E-state index in [1.165, 1.54) is 70.6 Å². The summed E-state index contributed by atoms with van der Waals surface area (Å²) in [5.41, 5.74) is 0. The van der Waals surface area contributed by atoms with Crippen molar-refractivity contribution >= 4 is 58.2 Å². The van der Waals surface area contributed by atoms with E-state index < -0.39 is 0 Å². The Morgan fingerprint density at radius 1 is 0.650 bits per heavy atom. The predicted octanol–water partition coefficient (Wildman–Crippen LogP) is 5.73. The molecule has 0 heterocycles. The molecule has 0 aromatic heterocycles. The van der Waals surface area contributed by atoms with E-state index in [0.29, 0.717) is 4.32 Å². The average Bonchev–Trinajstić information content (AvgIpc) is 2.38. The number of hydrogen-bond donors (Lipinski definition) is 3. The molecule has 0 atom stereocenters. The maximum Gasteiger partial charge on any atom is 0.130 e. The summed E-state index contributed by atoms with van der Waals surface area (Å²) in [7, 11) is 0. The topological polar surface area (TPSA) is 12.0 Å². The van der Waals surface area contributed by atoms with Gasteiger partial charge in [0.25, 0.3) is 0 Å². The number of nitrogens with one attached hydrogen (secondary N) is 1. The highest BCUT2D eigenvalue weighted by molar-refractivity contribution is 8.11. The zero-order valence-corrected chi connectivity index (χ0v) is 15.8. The molecule has 1 N–H and O–H groups in total. The summed E-state index contributed by atoms with van der Waals surface area (Å²) in [5.74, 6) is 0. The fourth-order valence-corrected chi connectivity index (χ4v) is 2.70. The van der Waals surface area contributed by atoms with Crippen molar-refractivity contribution in [2.24, 2.45) is 0 Å². The van der Waals surface area contributed by atoms with Gasteiger partial charge in [0.15, 0.2) is 0 Å². The van der Waals surface area contributed by atoms with Crippen LogP contribution >= 0.6 is 49.7 Å². The second-order valence-electron chi connectivity index (χ2n) is 5.26. The smallest absolute Gasteiger partial charge is 0.130 e. The van der Waals surface area contributed by atoms with Gasteiger partial charge in [-0.05, 0) is 19.3 Å². The number of hydrogen-bond acceptors (Lipinski definition) is 2. The highest BCUT2D eigenvalue weighted by Crippen LogP contribution is 2.12. The van der Waals surface area contributed by atoms with Crippen molar-refractivity contribution < 1.29 is 0 Å². The van der Waals surface area contributed by atoms with Crippen LogP contribution in [0.2, 0.25) is 0 Å². The molecular formula is C15H29NS4. The third-order valence-electron chi connectivity index (χ3n) is 3.34. The van der Waals surface area contributed by atoms with Gasteiger partial charge >= 0.3 is 0 Å². The third-order valence-corrected chi connectivity index (χ3v) is 4.07. The van der Waals surface area contributed by atoms with Crippen molar-refractivity contribution in [3.8, 4) is 0 Å². The van der Waals surface area contributed by atoms with E-state index in [9.17, 15) is 0 Å². The molecule has 0 aromatic carbocycles. The summed E-state index contributed by atoms with van der Waals surface area (Å²) in [6.45, 7) is 0.970. The Hall–Kier alpha value is 0.680. The molecule has 0 fully saturated rings. The molecule has 0 saturated heterocycles. The minimum Gasteiger partial charge on any atom is -0.371 e. The Morgan fingerprint density at radius 3 is 1.45 bits per heavy atom. The van der Waals surface area contributed by atoms with Crippen LogP contribution in [0.25, 0.3) is 0 Å². The molecule has 0 saturated carbocycles. The summed E-state index contributed by atoms with van der Waals surface area (Å²) in [6.07, 6.45) is 15.6. The molecule has 0 aliphatic rings. The first-order chi connectivity index (χ1) is 9.63. The first-order valence-electron chi connectivity index (χ1n) is 7.81. The van der Waals surface area contributed by atoms with Gasteiger partial charge < -0.3 is 5.32 Å². The molecule has 0 amide bonds. The highest BCUT2D eigenvalue weighted by atomic mass is 32.1. The van der Waals surface area contributed by atoms with Gasteiger partial charge in [-0.2, -0.15) is 0 Å². The van der Waals surface area contributed by atoms with Gasteiger partial charge in [0.05, 0.1) is 0 Å². The van der Waals surface area contributed by atoms with Crippen LogP contribution in [0.4, 0.5) is 0 Å². The second kappa shape index (κ2) is 16.1. The zero-order valence-electron chi connectivity index (χ0n) is 12.4. The van der Waals surface area contributed by atoms with E-state index >= 15 is 0 Å². The van der Waals surface area contributed by atoms with E-state index in [4.69, 9.17) is 24.4 Å². The fraction of sp³-hybridized carbons (Fsp3) is 0.867. The lowest BCUT2D eigenvalue weighted by molar-refractivity contribution is 0.547. The minimum atomic E-state index is 0.612. The lowest BCUT2D eigenvalue weighted by atomic mass is 10.1. The molecule has 0 spiro atoms. The molecular weight excluding hydrogens is 322 g/mol. The first-order valence-corrected chi connectivity index (χ1v) is 9.52. The third kappa shape index (κ3) is 18.7. The molecule has 1 nitrogen and oxygen atoms in total. The maximum atomic E-state index is 4.94. The summed E-state index contributed by atoms with van der Waals surface area (Å²) < 4.78 is 1.47. The maximum absolute atomic E-state index is 4.94. The van der Waals surface area contributed by atoms with Crippen LogP contribution in [0.5, 0.6) is 0 Å². The quantitative estimate of drug-likeness (QED) is 0.210. The van der Waals surface area contributed by atoms with Crippen LogP contribution in [-0.4, -0.2) is 15.1 Å². The second-order valence-corrected chi connectivity index (χ2v) is 7.76. The fourth-order valence-electron chi connectivity index (χ4n) is 2.19. The highest BCUT2D eigenvalue weighted by Gasteiger charge is 1.95. The van der Waals surface area contributed by atoms with Gasteiger partial charge in [-0.3, -0.25) is 0 Å². The summed E-state index contributed by atoms with van der Waals surface area (Å²) in [5, 5.41) is 3.07. The normalized spacial score (nSPS) is 10.5. The molecule has 0 radical (unpaired) electrons. The molecule has 0 bridgehead atoms. The Balaban J connectivity index is 2.99. The lowest BCUT2D eigenvalue weighted by Gasteiger charge is -2.04. The first kappa shape index (κ1) is 20.7. The number of thiol groups is 2. The largest absolute Gasteiger partial charge is 0.371 e. The van der Waals surface area contributed by atoms with Gasteiger partial charge in [0.1, 0.15) is 4.32 Å². The standard InChI is InChI=1S/C15H29NS4/c17-14(18)12-10-8-6-4-2-1-3-5-7-9-11-13-16-15(19)20/h1-13H2,(H,17,18)(H2,16,19,20). The van der Waals surface area contributed by atoms with Crippen LogP contribution in [0, 0.1) is 0 Å². The van der Waals surface area contributed by atoms with E-state index in [1.807, 2.05) is 0 Å². The Morgan fingerprint density at radius 2 is 1.05 bits per heavy atom. The van der Waals surface area contributed by atoms with Crippen LogP contribution in [0.3, 0.4) is 0 Å². The Kier molecular flexibility index (Phi) is 16.6. The van der Waals surface area contributed by atoms with Crippen molar-refractivity contribution in [2.75, 3.05) is 6.54 Å². The summed E-state index contributed by atoms with van der Waals surface area (Å²) in [4.78, 5) is 0. The van der Waals surface area contributed by atoms with Crippen molar-refractivity contribution in [2.45, 2.75) is 77.0 Å². The van der Waals surface area contributed by atoms with E-state index in [0.717, 1.165) is 17.2 Å². The van der Waals surface area contributed by atoms with Gasteiger partial charge in [0.2, 0.25) is 0 Å². The predicted molar refractivity (Wildman–Crippen MR) is 107 cm³/mol. The van der Waals surface area contributed by atoms with Crippen LogP contribution in [0.1, 0.15) is 77.0 Å². The Labute approximate surface area is 146 Å². The van der Waals surface area contributed by atoms with Gasteiger partial charge in [-0.25, -0.2) is 0 Å². The molecule has 0 aliphatic heterocycles. The molecule has 118 valence electrons. The lowest BCUT2D eigenvalue weighted by Crippen LogP contribution is -2.17. The zero-order chi connectivity index (χ0) is 15.1. The average molecular weight is 352 g/mol. The van der Waals surface area contributed by atoms with E-state index in [1.54, 1.807) is 0 Å². The SMILES string of the molecule is S=C(S)CCCCCCCCCCCCCNC(=S)S. The van der Waals surface area contributed by atoms with Crippen LogP contribution in [0.15, 0.2) is 0 Å². The molecule has 20 heavy (non-hydrogen) atoms.